The van der Waals surface area contributed by atoms with Crippen molar-refractivity contribution in [2.24, 2.45) is 7.05 Å². The minimum atomic E-state index is -4.12. The average molecular weight is 609 g/mol. The first-order valence-corrected chi connectivity index (χ1v) is 14.5. The number of halogens is 2. The van der Waals surface area contributed by atoms with Crippen LogP contribution >= 0.6 is 0 Å². The molecule has 0 saturated carbocycles. The van der Waals surface area contributed by atoms with Crippen LogP contribution in [0.4, 0.5) is 25.0 Å². The van der Waals surface area contributed by atoms with Gasteiger partial charge < -0.3 is 9.47 Å². The van der Waals surface area contributed by atoms with Gasteiger partial charge in [-0.05, 0) is 23.8 Å². The lowest BCUT2D eigenvalue weighted by atomic mass is 10.1. The summed E-state index contributed by atoms with van der Waals surface area (Å²) in [7, 11) is 1.53. The van der Waals surface area contributed by atoms with E-state index >= 15 is 8.78 Å². The molecule has 222 valence electrons. The molecule has 4 heterocycles. The molecule has 1 aliphatic rings. The van der Waals surface area contributed by atoms with Crippen molar-refractivity contribution in [1.29, 1.82) is 0 Å². The van der Waals surface area contributed by atoms with Crippen LogP contribution in [-0.2, 0) is 30.0 Å². The molecule has 2 amide bonds. The fraction of sp³-hybridized carbons (Fsp3) is 0.207. The molecule has 0 spiro atoms. The molecule has 6 rings (SSSR count). The standard InChI is InChI=1S/C29H26F2N6O5S/c1-34-15-17(13-33-34)10-19-11-21-26-18(14-32-28(21)37(19)43(39,40)20-8-6-5-7-9-20)16-36(29(38)35(26)2)27-24(30)22(41-3)12-23(42-4)25(27)31/h5-9,11-15H,10,16H2,1-4H3. The van der Waals surface area contributed by atoms with Gasteiger partial charge in [-0.2, -0.15) is 5.10 Å². The van der Waals surface area contributed by atoms with Gasteiger partial charge in [-0.1, -0.05) is 18.2 Å². The molecule has 0 unspecified atom stereocenters. The van der Waals surface area contributed by atoms with Crippen molar-refractivity contribution in [3.63, 3.8) is 0 Å². The number of ether oxygens (including phenoxy) is 2. The van der Waals surface area contributed by atoms with Gasteiger partial charge >= 0.3 is 6.03 Å². The molecule has 0 aliphatic carbocycles. The SMILES string of the molecule is COc1cc(OC)c(F)c(N2Cc3cnc4c(cc(Cc5cnn(C)c5)n4S(=O)(=O)c4ccccc4)c3N(C)C2=O)c1F. The second kappa shape index (κ2) is 10.4. The summed E-state index contributed by atoms with van der Waals surface area (Å²) >= 11 is 0. The molecule has 0 N–H and O–H groups in total. The Kier molecular flexibility index (Phi) is 6.80. The first-order chi connectivity index (χ1) is 20.6. The first-order valence-electron chi connectivity index (χ1n) is 13.0. The Bertz CT molecular complexity index is 1980. The van der Waals surface area contributed by atoms with Crippen LogP contribution in [0.25, 0.3) is 11.0 Å². The monoisotopic (exact) mass is 608 g/mol. The number of fused-ring (bicyclic) bond motifs is 3. The van der Waals surface area contributed by atoms with E-state index in [-0.39, 0.29) is 35.0 Å². The Balaban J connectivity index is 1.55. The third kappa shape index (κ3) is 4.45. The van der Waals surface area contributed by atoms with Crippen LogP contribution < -0.4 is 19.3 Å². The minimum absolute atomic E-state index is 0.0630. The molecule has 11 nitrogen and oxygen atoms in total. The molecule has 0 bridgehead atoms. The first kappa shape index (κ1) is 28.2. The van der Waals surface area contributed by atoms with Gasteiger partial charge in [0.25, 0.3) is 10.0 Å². The lowest BCUT2D eigenvalue weighted by Gasteiger charge is -2.35. The predicted molar refractivity (Wildman–Crippen MR) is 154 cm³/mol. The van der Waals surface area contributed by atoms with E-state index in [2.05, 4.69) is 10.1 Å². The molecule has 1 aliphatic heterocycles. The normalized spacial score (nSPS) is 13.5. The third-order valence-corrected chi connectivity index (χ3v) is 9.09. The summed E-state index contributed by atoms with van der Waals surface area (Å²) in [6, 6.07) is 9.94. The fourth-order valence-corrected chi connectivity index (χ4v) is 6.89. The zero-order valence-corrected chi connectivity index (χ0v) is 24.4. The molecule has 2 aromatic carbocycles. The number of methoxy groups -OCH3 is 2. The van der Waals surface area contributed by atoms with Crippen molar-refractivity contribution in [2.45, 2.75) is 17.9 Å². The summed E-state index contributed by atoms with van der Waals surface area (Å²) in [4.78, 5) is 20.5. The third-order valence-electron chi connectivity index (χ3n) is 7.33. The second-order valence-electron chi connectivity index (χ2n) is 9.97. The summed E-state index contributed by atoms with van der Waals surface area (Å²) in [5.74, 6) is -2.74. The number of pyridine rings is 1. The molecule has 0 fully saturated rings. The Morgan fingerprint density at radius 3 is 2.23 bits per heavy atom. The highest BCUT2D eigenvalue weighted by Gasteiger charge is 2.37. The highest BCUT2D eigenvalue weighted by atomic mass is 32.2. The zero-order valence-electron chi connectivity index (χ0n) is 23.6. The molecular formula is C29H26F2N6O5S. The molecular weight excluding hydrogens is 582 g/mol. The number of nitrogens with zero attached hydrogens (tertiary/aromatic N) is 6. The fourth-order valence-electron chi connectivity index (χ4n) is 5.38. The van der Waals surface area contributed by atoms with Gasteiger partial charge in [-0.3, -0.25) is 14.5 Å². The van der Waals surface area contributed by atoms with Crippen molar-refractivity contribution in [3.8, 4) is 11.5 Å². The Labute approximate surface area is 245 Å². The molecule has 14 heteroatoms. The van der Waals surface area contributed by atoms with E-state index in [1.54, 1.807) is 48.4 Å². The van der Waals surface area contributed by atoms with E-state index in [9.17, 15) is 13.2 Å². The van der Waals surface area contributed by atoms with Crippen LogP contribution in [0.2, 0.25) is 0 Å². The number of hydrogen-bond acceptors (Lipinski definition) is 7. The Morgan fingerprint density at radius 1 is 0.953 bits per heavy atom. The average Bonchev–Trinajstić information content (AvgIpc) is 3.58. The van der Waals surface area contributed by atoms with E-state index in [0.29, 0.717) is 22.3 Å². The van der Waals surface area contributed by atoms with Gasteiger partial charge in [0.05, 0.1) is 37.5 Å². The molecule has 0 saturated heterocycles. The molecule has 0 atom stereocenters. The molecule has 5 aromatic rings. The number of urea groups is 1. The van der Waals surface area contributed by atoms with Gasteiger partial charge in [0.15, 0.2) is 28.8 Å². The van der Waals surface area contributed by atoms with Crippen molar-refractivity contribution in [1.82, 2.24) is 18.7 Å². The van der Waals surface area contributed by atoms with Gasteiger partial charge in [0.2, 0.25) is 0 Å². The minimum Gasteiger partial charge on any atom is -0.493 e. The van der Waals surface area contributed by atoms with Gasteiger partial charge in [0.1, 0.15) is 5.69 Å². The van der Waals surface area contributed by atoms with E-state index in [1.165, 1.54) is 48.5 Å². The number of amides is 2. The van der Waals surface area contributed by atoms with Gasteiger partial charge in [0, 0.05) is 55.6 Å². The van der Waals surface area contributed by atoms with E-state index in [4.69, 9.17) is 9.47 Å². The topological polar surface area (TPSA) is 112 Å². The zero-order chi connectivity index (χ0) is 30.6. The second-order valence-corrected chi connectivity index (χ2v) is 11.8. The summed E-state index contributed by atoms with van der Waals surface area (Å²) in [5.41, 5.74) is 1.44. The number of carbonyl (C=O) groups is 1. The number of anilines is 2. The highest BCUT2D eigenvalue weighted by molar-refractivity contribution is 7.90. The summed E-state index contributed by atoms with van der Waals surface area (Å²) in [5, 5.41) is 4.57. The maximum absolute atomic E-state index is 15.4. The van der Waals surface area contributed by atoms with Crippen molar-refractivity contribution in [3.05, 3.63) is 89.5 Å². The summed E-state index contributed by atoms with van der Waals surface area (Å²) in [6.07, 6.45) is 5.03. The van der Waals surface area contributed by atoms with Crippen molar-refractivity contribution in [2.75, 3.05) is 31.1 Å². The van der Waals surface area contributed by atoms with Gasteiger partial charge in [-0.25, -0.2) is 30.9 Å². The van der Waals surface area contributed by atoms with Crippen LogP contribution in [0.15, 0.2) is 66.0 Å². The largest absolute Gasteiger partial charge is 0.493 e. The molecule has 3 aromatic heterocycles. The Hall–Kier alpha value is -4.98. The number of rotatable bonds is 7. The van der Waals surface area contributed by atoms with Crippen LogP contribution in [0.1, 0.15) is 16.8 Å². The maximum atomic E-state index is 15.4. The number of hydrogen-bond donors (Lipinski definition) is 0. The van der Waals surface area contributed by atoms with E-state index < -0.39 is 33.4 Å². The van der Waals surface area contributed by atoms with E-state index in [0.717, 1.165) is 16.5 Å². The van der Waals surface area contributed by atoms with Crippen molar-refractivity contribution < 1.29 is 31.5 Å². The predicted octanol–water partition coefficient (Wildman–Crippen LogP) is 4.47. The summed E-state index contributed by atoms with van der Waals surface area (Å²) < 4.78 is 71.6. The Morgan fingerprint density at radius 2 is 1.63 bits per heavy atom. The number of aromatic nitrogens is 4. The quantitative estimate of drug-likeness (QED) is 0.268. The summed E-state index contributed by atoms with van der Waals surface area (Å²) in [6.45, 7) is -0.250. The number of benzene rings is 2. The van der Waals surface area contributed by atoms with Gasteiger partial charge in [-0.15, -0.1) is 0 Å². The van der Waals surface area contributed by atoms with Crippen LogP contribution in [0.5, 0.6) is 11.5 Å². The van der Waals surface area contributed by atoms with Crippen molar-refractivity contribution >= 4 is 38.5 Å². The number of aryl methyl sites for hydroxylation is 1. The molecule has 43 heavy (non-hydrogen) atoms. The van der Waals surface area contributed by atoms with Crippen LogP contribution in [0.3, 0.4) is 0 Å². The number of carbonyl (C=O) groups excluding carboxylic acids is 1. The van der Waals surface area contributed by atoms with E-state index in [1.807, 2.05) is 0 Å². The smallest absolute Gasteiger partial charge is 0.329 e. The molecule has 0 radical (unpaired) electrons. The van der Waals surface area contributed by atoms with Crippen LogP contribution in [0, 0.1) is 11.6 Å². The lowest BCUT2D eigenvalue weighted by Crippen LogP contribution is -2.46. The lowest BCUT2D eigenvalue weighted by molar-refractivity contribution is 0.250. The van der Waals surface area contributed by atoms with Crippen LogP contribution in [-0.4, -0.2) is 54.5 Å². The highest BCUT2D eigenvalue weighted by Crippen LogP contribution is 2.43. The maximum Gasteiger partial charge on any atom is 0.329 e.